The van der Waals surface area contributed by atoms with Crippen LogP contribution in [0, 0.1) is 13.8 Å². The number of anilines is 2. The number of amides is 1. The van der Waals surface area contributed by atoms with Crippen LogP contribution in [0.2, 0.25) is 0 Å². The largest absolute Gasteiger partial charge is 0.488 e. The molecule has 0 saturated carbocycles. The van der Waals surface area contributed by atoms with E-state index in [-0.39, 0.29) is 5.91 Å². The minimum Gasteiger partial charge on any atom is -0.488 e. The van der Waals surface area contributed by atoms with Crippen molar-refractivity contribution in [1.29, 1.82) is 0 Å². The van der Waals surface area contributed by atoms with Gasteiger partial charge in [0, 0.05) is 41.4 Å². The molecule has 0 unspecified atom stereocenters. The van der Waals surface area contributed by atoms with Crippen LogP contribution >= 0.6 is 0 Å². The number of aromatic nitrogens is 1. The van der Waals surface area contributed by atoms with Crippen LogP contribution in [0.25, 0.3) is 0 Å². The van der Waals surface area contributed by atoms with E-state index in [1.807, 2.05) is 61.2 Å². The number of ether oxygens (including phenoxy) is 1. The van der Waals surface area contributed by atoms with E-state index in [0.29, 0.717) is 18.7 Å². The Hall–Kier alpha value is -3.34. The van der Waals surface area contributed by atoms with Crippen LogP contribution in [0.4, 0.5) is 11.4 Å². The molecule has 0 fully saturated rings. The Bertz CT molecular complexity index is 1020. The number of carbonyl (C=O) groups is 1. The van der Waals surface area contributed by atoms with E-state index in [1.165, 1.54) is 0 Å². The van der Waals surface area contributed by atoms with Gasteiger partial charge in [0.15, 0.2) is 0 Å². The Balaban J connectivity index is 1.59. The van der Waals surface area contributed by atoms with Crippen LogP contribution in [-0.4, -0.2) is 17.4 Å². The molecule has 0 aliphatic carbocycles. The zero-order valence-corrected chi connectivity index (χ0v) is 16.8. The third-order valence-electron chi connectivity index (χ3n) is 5.35. The Morgan fingerprint density at radius 2 is 1.97 bits per heavy atom. The van der Waals surface area contributed by atoms with Gasteiger partial charge in [-0.1, -0.05) is 12.1 Å². The van der Waals surface area contributed by atoms with Gasteiger partial charge in [-0.2, -0.15) is 0 Å². The number of benzene rings is 2. The minimum atomic E-state index is 0.00144. The van der Waals surface area contributed by atoms with Crippen LogP contribution < -0.4 is 15.4 Å². The lowest BCUT2D eigenvalue weighted by atomic mass is 9.98. The summed E-state index contributed by atoms with van der Waals surface area (Å²) in [7, 11) is 0. The monoisotopic (exact) mass is 387 g/mol. The predicted octanol–water partition coefficient (Wildman–Crippen LogP) is 4.45. The molecular formula is C24H25N3O2. The van der Waals surface area contributed by atoms with E-state index >= 15 is 0 Å². The van der Waals surface area contributed by atoms with Crippen molar-refractivity contribution in [1.82, 2.24) is 4.98 Å². The summed E-state index contributed by atoms with van der Waals surface area (Å²) >= 11 is 0. The number of aryl methyl sites for hydroxylation is 2. The van der Waals surface area contributed by atoms with Crippen molar-refractivity contribution in [3.8, 4) is 5.75 Å². The van der Waals surface area contributed by atoms with Gasteiger partial charge in [0.25, 0.3) is 5.91 Å². The van der Waals surface area contributed by atoms with Gasteiger partial charge in [0.2, 0.25) is 0 Å². The number of pyridine rings is 1. The quantitative estimate of drug-likeness (QED) is 0.672. The number of carbonyl (C=O) groups excluding carboxylic acids is 1. The zero-order valence-electron chi connectivity index (χ0n) is 16.8. The molecule has 1 aromatic heterocycles. The summed E-state index contributed by atoms with van der Waals surface area (Å²) in [6.45, 7) is 5.10. The van der Waals surface area contributed by atoms with Gasteiger partial charge >= 0.3 is 0 Å². The second-order valence-electron chi connectivity index (χ2n) is 7.49. The molecule has 3 aromatic rings. The zero-order chi connectivity index (χ0) is 20.4. The first-order valence-electron chi connectivity index (χ1n) is 9.87. The summed E-state index contributed by atoms with van der Waals surface area (Å²) in [6.07, 6.45) is 5.36. The minimum absolute atomic E-state index is 0.00144. The van der Waals surface area contributed by atoms with Crippen LogP contribution in [0.5, 0.6) is 5.75 Å². The number of hydrogen-bond donors (Lipinski definition) is 1. The molecule has 0 saturated heterocycles. The third kappa shape index (κ3) is 3.81. The number of rotatable bonds is 4. The van der Waals surface area contributed by atoms with Gasteiger partial charge in [-0.05, 0) is 73.7 Å². The maximum atomic E-state index is 13.3. The number of nitrogens with two attached hydrogens (primary N) is 1. The molecule has 0 bridgehead atoms. The van der Waals surface area contributed by atoms with Crippen LogP contribution in [0.15, 0.2) is 54.9 Å². The SMILES string of the molecule is Cc1cc(C(=O)N2CCCc3c(N)cccc32)cc(C)c1OCc1cccnc1. The predicted molar refractivity (Wildman–Crippen MR) is 115 cm³/mol. The summed E-state index contributed by atoms with van der Waals surface area (Å²) in [4.78, 5) is 19.3. The molecule has 0 radical (unpaired) electrons. The fraction of sp³-hybridized carbons (Fsp3) is 0.250. The molecule has 5 heteroatoms. The third-order valence-corrected chi connectivity index (χ3v) is 5.35. The normalized spacial score (nSPS) is 13.1. The number of nitrogen functional groups attached to an aromatic ring is 1. The first kappa shape index (κ1) is 19.0. The summed E-state index contributed by atoms with van der Waals surface area (Å²) in [6, 6.07) is 13.5. The van der Waals surface area contributed by atoms with E-state index in [9.17, 15) is 4.79 Å². The van der Waals surface area contributed by atoms with E-state index in [2.05, 4.69) is 4.98 Å². The van der Waals surface area contributed by atoms with E-state index in [4.69, 9.17) is 10.5 Å². The van der Waals surface area contributed by atoms with Crippen molar-refractivity contribution in [2.24, 2.45) is 0 Å². The number of hydrogen-bond acceptors (Lipinski definition) is 4. The van der Waals surface area contributed by atoms with E-state index in [0.717, 1.165) is 52.2 Å². The number of fused-ring (bicyclic) bond motifs is 1. The average Bonchev–Trinajstić information content (AvgIpc) is 2.73. The van der Waals surface area contributed by atoms with Crippen molar-refractivity contribution < 1.29 is 9.53 Å². The molecule has 1 amide bonds. The topological polar surface area (TPSA) is 68.5 Å². The van der Waals surface area contributed by atoms with Gasteiger partial charge in [-0.15, -0.1) is 0 Å². The summed E-state index contributed by atoms with van der Waals surface area (Å²) < 4.78 is 6.02. The highest BCUT2D eigenvalue weighted by Crippen LogP contribution is 2.33. The maximum absolute atomic E-state index is 13.3. The Labute approximate surface area is 171 Å². The first-order valence-corrected chi connectivity index (χ1v) is 9.87. The lowest BCUT2D eigenvalue weighted by Gasteiger charge is -2.30. The molecule has 5 nitrogen and oxygen atoms in total. The molecular weight excluding hydrogens is 362 g/mol. The molecule has 2 aromatic carbocycles. The molecule has 2 heterocycles. The standard InChI is InChI=1S/C24H25N3O2/c1-16-12-19(13-17(2)23(16)29-15-18-6-4-10-26-14-18)24(28)27-11-5-7-20-21(25)8-3-9-22(20)27/h3-4,6,8-10,12-14H,5,7,11,15,25H2,1-2H3. The molecule has 2 N–H and O–H groups in total. The highest BCUT2D eigenvalue weighted by molar-refractivity contribution is 6.07. The Morgan fingerprint density at radius 3 is 2.69 bits per heavy atom. The fourth-order valence-electron chi connectivity index (χ4n) is 3.96. The summed E-state index contributed by atoms with van der Waals surface area (Å²) in [5.74, 6) is 0.815. The van der Waals surface area contributed by atoms with Crippen LogP contribution in [0.3, 0.4) is 0 Å². The summed E-state index contributed by atoms with van der Waals surface area (Å²) in [5, 5.41) is 0. The highest BCUT2D eigenvalue weighted by atomic mass is 16.5. The van der Waals surface area contributed by atoms with Crippen molar-refractivity contribution in [3.05, 3.63) is 82.7 Å². The first-order chi connectivity index (χ1) is 14.0. The molecule has 1 aliphatic heterocycles. The molecule has 148 valence electrons. The van der Waals surface area contributed by atoms with Gasteiger partial charge in [-0.25, -0.2) is 0 Å². The van der Waals surface area contributed by atoms with Gasteiger partial charge < -0.3 is 15.4 Å². The highest BCUT2D eigenvalue weighted by Gasteiger charge is 2.25. The second-order valence-corrected chi connectivity index (χ2v) is 7.49. The van der Waals surface area contributed by atoms with E-state index < -0.39 is 0 Å². The lowest BCUT2D eigenvalue weighted by molar-refractivity contribution is 0.0985. The van der Waals surface area contributed by atoms with Crippen LogP contribution in [0.1, 0.15) is 39.0 Å². The van der Waals surface area contributed by atoms with E-state index in [1.54, 1.807) is 12.4 Å². The Morgan fingerprint density at radius 1 is 1.17 bits per heavy atom. The molecule has 29 heavy (non-hydrogen) atoms. The van der Waals surface area contributed by atoms with Gasteiger partial charge in [0.05, 0.1) is 0 Å². The Kier molecular flexibility index (Phi) is 5.21. The lowest BCUT2D eigenvalue weighted by Crippen LogP contribution is -2.35. The number of nitrogens with zero attached hydrogens (tertiary/aromatic N) is 2. The average molecular weight is 387 g/mol. The molecule has 0 spiro atoms. The molecule has 4 rings (SSSR count). The van der Waals surface area contributed by atoms with Gasteiger partial charge in [-0.3, -0.25) is 9.78 Å². The van der Waals surface area contributed by atoms with Crippen molar-refractivity contribution >= 4 is 17.3 Å². The second kappa shape index (κ2) is 7.95. The van der Waals surface area contributed by atoms with Crippen LogP contribution in [-0.2, 0) is 13.0 Å². The van der Waals surface area contributed by atoms with Gasteiger partial charge in [0.1, 0.15) is 12.4 Å². The maximum Gasteiger partial charge on any atom is 0.258 e. The fourth-order valence-corrected chi connectivity index (χ4v) is 3.96. The van der Waals surface area contributed by atoms with Crippen molar-refractivity contribution in [3.63, 3.8) is 0 Å². The molecule has 0 atom stereocenters. The van der Waals surface area contributed by atoms with Crippen molar-refractivity contribution in [2.45, 2.75) is 33.3 Å². The smallest absolute Gasteiger partial charge is 0.258 e. The van der Waals surface area contributed by atoms with Crippen molar-refractivity contribution in [2.75, 3.05) is 17.2 Å². The summed E-state index contributed by atoms with van der Waals surface area (Å²) in [5.41, 5.74) is 12.5. The molecule has 1 aliphatic rings.